The largest absolute Gasteiger partial charge is 0.486 e. The molecule has 36 heavy (non-hydrogen) atoms. The first-order valence-corrected chi connectivity index (χ1v) is 12.2. The van der Waals surface area contributed by atoms with E-state index in [0.717, 1.165) is 40.8 Å². The normalized spacial score (nSPS) is 17.0. The number of hydrogen-bond donors (Lipinski definition) is 1. The van der Waals surface area contributed by atoms with Gasteiger partial charge in [0.05, 0.1) is 24.4 Å². The van der Waals surface area contributed by atoms with E-state index in [4.69, 9.17) is 24.6 Å². The van der Waals surface area contributed by atoms with E-state index in [1.807, 2.05) is 43.3 Å². The molecule has 2 aliphatic heterocycles. The van der Waals surface area contributed by atoms with E-state index in [0.29, 0.717) is 43.3 Å². The molecule has 2 saturated heterocycles. The number of carbonyl (C=O) groups is 1. The minimum atomic E-state index is -0.726. The summed E-state index contributed by atoms with van der Waals surface area (Å²) in [6.07, 6.45) is 1.58. The van der Waals surface area contributed by atoms with Crippen LogP contribution >= 0.6 is 0 Å². The standard InChI is InChI=1S/C27H28N4O5/c1-15-3-6-22-20(11-15)29-26(36-22)16-7-9-31(10-8-16)24-19-5-4-17(35-18-13-34-14-18)12-21(19)30(2)27(33)23(24)25(28)32/h3-6,11-12,16,18H,7-10,13-14H2,1-2H3,(H2,28,32). The van der Waals surface area contributed by atoms with Crippen LogP contribution in [-0.2, 0) is 11.8 Å². The summed E-state index contributed by atoms with van der Waals surface area (Å²) in [5.74, 6) is 0.832. The zero-order chi connectivity index (χ0) is 25.0. The van der Waals surface area contributed by atoms with E-state index in [1.54, 1.807) is 7.05 Å². The van der Waals surface area contributed by atoms with Crippen LogP contribution in [-0.4, -0.2) is 47.9 Å². The van der Waals surface area contributed by atoms with Crippen molar-refractivity contribution in [1.29, 1.82) is 0 Å². The average Bonchev–Trinajstić information content (AvgIpc) is 3.26. The van der Waals surface area contributed by atoms with Gasteiger partial charge in [0.1, 0.15) is 22.9 Å². The molecule has 9 heteroatoms. The molecule has 4 aromatic rings. The van der Waals surface area contributed by atoms with E-state index < -0.39 is 11.5 Å². The summed E-state index contributed by atoms with van der Waals surface area (Å²) in [5.41, 5.74) is 9.42. The second kappa shape index (κ2) is 8.67. The Morgan fingerprint density at radius 1 is 1.14 bits per heavy atom. The van der Waals surface area contributed by atoms with Crippen LogP contribution in [0.5, 0.6) is 5.75 Å². The highest BCUT2D eigenvalue weighted by molar-refractivity contribution is 6.07. The predicted molar refractivity (Wildman–Crippen MR) is 136 cm³/mol. The summed E-state index contributed by atoms with van der Waals surface area (Å²) in [4.78, 5) is 32.5. The Bertz CT molecular complexity index is 1540. The van der Waals surface area contributed by atoms with Gasteiger partial charge in [-0.15, -0.1) is 0 Å². The van der Waals surface area contributed by atoms with E-state index in [9.17, 15) is 9.59 Å². The van der Waals surface area contributed by atoms with Crippen molar-refractivity contribution in [3.05, 3.63) is 63.8 Å². The molecule has 2 aromatic carbocycles. The molecule has 2 aliphatic rings. The quantitative estimate of drug-likeness (QED) is 0.459. The Morgan fingerprint density at radius 3 is 2.61 bits per heavy atom. The fraction of sp³-hybridized carbons (Fsp3) is 0.370. The summed E-state index contributed by atoms with van der Waals surface area (Å²) in [5, 5.41) is 0.791. The van der Waals surface area contributed by atoms with Gasteiger partial charge >= 0.3 is 0 Å². The van der Waals surface area contributed by atoms with E-state index in [2.05, 4.69) is 4.90 Å². The van der Waals surface area contributed by atoms with Crippen molar-refractivity contribution < 1.29 is 18.7 Å². The molecule has 2 N–H and O–H groups in total. The summed E-state index contributed by atoms with van der Waals surface area (Å²) < 4.78 is 18.7. The van der Waals surface area contributed by atoms with Crippen LogP contribution in [0.15, 0.2) is 45.6 Å². The first-order chi connectivity index (χ1) is 17.4. The number of hydrogen-bond acceptors (Lipinski definition) is 7. The lowest BCUT2D eigenvalue weighted by Crippen LogP contribution is -2.39. The molecular formula is C27H28N4O5. The summed E-state index contributed by atoms with van der Waals surface area (Å²) in [7, 11) is 1.65. The highest BCUT2D eigenvalue weighted by Gasteiger charge is 2.30. The molecule has 0 spiro atoms. The van der Waals surface area contributed by atoms with Gasteiger partial charge in [-0.1, -0.05) is 6.07 Å². The molecule has 2 fully saturated rings. The molecule has 1 amide bonds. The van der Waals surface area contributed by atoms with Crippen LogP contribution in [0.2, 0.25) is 0 Å². The number of aromatic nitrogens is 2. The molecular weight excluding hydrogens is 460 g/mol. The number of amides is 1. The molecule has 0 radical (unpaired) electrons. The molecule has 2 aromatic heterocycles. The highest BCUT2D eigenvalue weighted by atomic mass is 16.6. The second-order valence-electron chi connectivity index (χ2n) is 9.69. The number of nitrogens with zero attached hydrogens (tertiary/aromatic N) is 3. The monoisotopic (exact) mass is 488 g/mol. The fourth-order valence-electron chi connectivity index (χ4n) is 5.18. The molecule has 4 heterocycles. The van der Waals surface area contributed by atoms with Gasteiger partial charge < -0.3 is 29.1 Å². The number of pyridine rings is 1. The van der Waals surface area contributed by atoms with Crippen molar-refractivity contribution in [3.8, 4) is 5.75 Å². The lowest BCUT2D eigenvalue weighted by Gasteiger charge is -2.34. The number of benzene rings is 2. The van der Waals surface area contributed by atoms with Crippen molar-refractivity contribution in [3.63, 3.8) is 0 Å². The maximum absolute atomic E-state index is 13.3. The van der Waals surface area contributed by atoms with Gasteiger partial charge in [-0.25, -0.2) is 4.98 Å². The Labute approximate surface area is 207 Å². The van der Waals surface area contributed by atoms with Gasteiger partial charge in [0.25, 0.3) is 11.5 Å². The fourth-order valence-corrected chi connectivity index (χ4v) is 5.18. The molecule has 0 unspecified atom stereocenters. The van der Waals surface area contributed by atoms with Crippen LogP contribution in [0.4, 0.5) is 5.69 Å². The zero-order valence-corrected chi connectivity index (χ0v) is 20.3. The van der Waals surface area contributed by atoms with E-state index in [-0.39, 0.29) is 17.6 Å². The number of fused-ring (bicyclic) bond motifs is 2. The number of aryl methyl sites for hydroxylation is 2. The number of carbonyl (C=O) groups excluding carboxylic acids is 1. The number of anilines is 1. The molecule has 6 rings (SSSR count). The van der Waals surface area contributed by atoms with Crippen molar-refractivity contribution in [2.75, 3.05) is 31.2 Å². The van der Waals surface area contributed by atoms with Crippen LogP contribution in [0.1, 0.15) is 40.6 Å². The molecule has 9 nitrogen and oxygen atoms in total. The molecule has 0 saturated carbocycles. The first-order valence-electron chi connectivity index (χ1n) is 12.2. The van der Waals surface area contributed by atoms with Gasteiger partial charge in [-0.05, 0) is 49.6 Å². The summed E-state index contributed by atoms with van der Waals surface area (Å²) in [6.45, 7) is 4.42. The van der Waals surface area contributed by atoms with Crippen LogP contribution in [0.25, 0.3) is 22.0 Å². The van der Waals surface area contributed by atoms with E-state index >= 15 is 0 Å². The minimum absolute atomic E-state index is 0.0126. The van der Waals surface area contributed by atoms with Gasteiger partial charge in [0.15, 0.2) is 11.5 Å². The third-order valence-corrected chi connectivity index (χ3v) is 7.22. The number of piperidine rings is 1. The molecule has 0 aliphatic carbocycles. The summed E-state index contributed by atoms with van der Waals surface area (Å²) in [6, 6.07) is 11.6. The topological polar surface area (TPSA) is 113 Å². The second-order valence-corrected chi connectivity index (χ2v) is 9.69. The van der Waals surface area contributed by atoms with Gasteiger partial charge in [0.2, 0.25) is 0 Å². The molecule has 0 bridgehead atoms. The lowest BCUT2D eigenvalue weighted by molar-refractivity contribution is -0.0796. The maximum atomic E-state index is 13.3. The van der Waals surface area contributed by atoms with E-state index in [1.165, 1.54) is 4.57 Å². The number of primary amides is 1. The SMILES string of the molecule is Cc1ccc2oc(C3CCN(c4c(C(N)=O)c(=O)n(C)c5cc(OC6COC6)ccc45)CC3)nc2c1. The van der Waals surface area contributed by atoms with Crippen molar-refractivity contribution in [2.24, 2.45) is 12.8 Å². The smallest absolute Gasteiger partial charge is 0.265 e. The Hall–Kier alpha value is -3.85. The molecule has 0 atom stereocenters. The first kappa shape index (κ1) is 22.6. The Balaban J connectivity index is 1.34. The number of rotatable bonds is 5. The minimum Gasteiger partial charge on any atom is -0.486 e. The zero-order valence-electron chi connectivity index (χ0n) is 20.3. The Morgan fingerprint density at radius 2 is 1.92 bits per heavy atom. The van der Waals surface area contributed by atoms with Crippen LogP contribution in [0, 0.1) is 6.92 Å². The lowest BCUT2D eigenvalue weighted by atomic mass is 9.95. The number of oxazole rings is 1. The highest BCUT2D eigenvalue weighted by Crippen LogP contribution is 2.36. The van der Waals surface area contributed by atoms with Crippen molar-refractivity contribution in [2.45, 2.75) is 31.8 Å². The number of nitrogens with two attached hydrogens (primary N) is 1. The summed E-state index contributed by atoms with van der Waals surface area (Å²) >= 11 is 0. The van der Waals surface area contributed by atoms with Crippen molar-refractivity contribution in [1.82, 2.24) is 9.55 Å². The third kappa shape index (κ3) is 3.80. The maximum Gasteiger partial charge on any atom is 0.265 e. The van der Waals surface area contributed by atoms with Crippen LogP contribution < -0.4 is 20.9 Å². The van der Waals surface area contributed by atoms with Crippen molar-refractivity contribution >= 4 is 33.6 Å². The van der Waals surface area contributed by atoms with Crippen LogP contribution in [0.3, 0.4) is 0 Å². The molecule has 186 valence electrons. The Kier molecular flexibility index (Phi) is 5.44. The van der Waals surface area contributed by atoms with Gasteiger partial charge in [-0.3, -0.25) is 9.59 Å². The predicted octanol–water partition coefficient (Wildman–Crippen LogP) is 3.25. The third-order valence-electron chi connectivity index (χ3n) is 7.22. The number of ether oxygens (including phenoxy) is 2. The average molecular weight is 489 g/mol. The van der Waals surface area contributed by atoms with Gasteiger partial charge in [-0.2, -0.15) is 0 Å². The van der Waals surface area contributed by atoms with Gasteiger partial charge in [0, 0.05) is 37.5 Å².